The van der Waals surface area contributed by atoms with Crippen molar-refractivity contribution in [1.29, 1.82) is 0 Å². The first kappa shape index (κ1) is 18.3. The molecule has 0 aromatic heterocycles. The minimum atomic E-state index is -3.56. The third kappa shape index (κ3) is 4.97. The minimum absolute atomic E-state index is 0.225. The van der Waals surface area contributed by atoms with Crippen molar-refractivity contribution in [3.05, 3.63) is 54.1 Å². The van der Waals surface area contributed by atoms with Crippen LogP contribution in [0.3, 0.4) is 0 Å². The van der Waals surface area contributed by atoms with E-state index in [9.17, 15) is 8.42 Å². The molecule has 5 nitrogen and oxygen atoms in total. The summed E-state index contributed by atoms with van der Waals surface area (Å²) in [6, 6.07) is 13.8. The van der Waals surface area contributed by atoms with E-state index in [0.29, 0.717) is 18.8 Å². The Labute approximate surface area is 143 Å². The molecule has 2 aromatic carbocycles. The summed E-state index contributed by atoms with van der Waals surface area (Å²) in [5.74, 6) is 1.41. The fourth-order valence-corrected chi connectivity index (χ4v) is 3.65. The first-order valence-electron chi connectivity index (χ1n) is 7.82. The van der Waals surface area contributed by atoms with Gasteiger partial charge in [-0.05, 0) is 62.2 Å². The van der Waals surface area contributed by atoms with E-state index in [1.54, 1.807) is 31.4 Å². The molecule has 1 unspecified atom stereocenters. The van der Waals surface area contributed by atoms with Crippen molar-refractivity contribution in [3.63, 3.8) is 0 Å². The SMILES string of the molecule is CCOc1ccc(S(=O)(=O)NC(C)Cc2cccc(OC)c2)cc1. The zero-order chi connectivity index (χ0) is 17.6. The summed E-state index contributed by atoms with van der Waals surface area (Å²) in [7, 11) is -1.96. The predicted octanol–water partition coefficient (Wildman–Crippen LogP) is 3.00. The Bertz CT molecular complexity index is 757. The summed E-state index contributed by atoms with van der Waals surface area (Å²) >= 11 is 0. The number of hydrogen-bond acceptors (Lipinski definition) is 4. The monoisotopic (exact) mass is 349 g/mol. The molecule has 0 heterocycles. The zero-order valence-corrected chi connectivity index (χ0v) is 15.0. The lowest BCUT2D eigenvalue weighted by atomic mass is 10.1. The van der Waals surface area contributed by atoms with E-state index in [0.717, 1.165) is 11.3 Å². The molecule has 1 atom stereocenters. The van der Waals surface area contributed by atoms with Crippen LogP contribution in [0.2, 0.25) is 0 Å². The van der Waals surface area contributed by atoms with Gasteiger partial charge in [0.15, 0.2) is 0 Å². The van der Waals surface area contributed by atoms with E-state index in [1.165, 1.54) is 0 Å². The Morgan fingerprint density at radius 3 is 2.42 bits per heavy atom. The molecule has 24 heavy (non-hydrogen) atoms. The van der Waals surface area contributed by atoms with Gasteiger partial charge in [-0.1, -0.05) is 12.1 Å². The maximum Gasteiger partial charge on any atom is 0.240 e. The van der Waals surface area contributed by atoms with E-state index < -0.39 is 10.0 Å². The molecule has 0 aliphatic rings. The number of hydrogen-bond donors (Lipinski definition) is 1. The van der Waals surface area contributed by atoms with Crippen molar-refractivity contribution >= 4 is 10.0 Å². The molecule has 130 valence electrons. The third-order valence-corrected chi connectivity index (χ3v) is 5.08. The van der Waals surface area contributed by atoms with E-state index in [1.807, 2.05) is 38.1 Å². The van der Waals surface area contributed by atoms with Gasteiger partial charge in [0, 0.05) is 6.04 Å². The van der Waals surface area contributed by atoms with E-state index >= 15 is 0 Å². The highest BCUT2D eigenvalue weighted by Crippen LogP contribution is 2.18. The zero-order valence-electron chi connectivity index (χ0n) is 14.2. The van der Waals surface area contributed by atoms with Crippen LogP contribution in [0.4, 0.5) is 0 Å². The highest BCUT2D eigenvalue weighted by molar-refractivity contribution is 7.89. The van der Waals surface area contributed by atoms with Gasteiger partial charge in [0.05, 0.1) is 18.6 Å². The van der Waals surface area contributed by atoms with Gasteiger partial charge >= 0.3 is 0 Å². The van der Waals surface area contributed by atoms with Gasteiger partial charge in [-0.25, -0.2) is 13.1 Å². The average Bonchev–Trinajstić information content (AvgIpc) is 2.55. The summed E-state index contributed by atoms with van der Waals surface area (Å²) < 4.78 is 38.1. The summed E-state index contributed by atoms with van der Waals surface area (Å²) in [6.45, 7) is 4.26. The lowest BCUT2D eigenvalue weighted by Crippen LogP contribution is -2.34. The molecule has 0 radical (unpaired) electrons. The van der Waals surface area contributed by atoms with Gasteiger partial charge in [0.2, 0.25) is 10.0 Å². The second-order valence-corrected chi connectivity index (χ2v) is 7.20. The number of ether oxygens (including phenoxy) is 2. The first-order chi connectivity index (χ1) is 11.4. The normalized spacial score (nSPS) is 12.6. The smallest absolute Gasteiger partial charge is 0.240 e. The minimum Gasteiger partial charge on any atom is -0.497 e. The molecule has 0 fully saturated rings. The molecule has 0 amide bonds. The van der Waals surface area contributed by atoms with E-state index in [4.69, 9.17) is 9.47 Å². The summed E-state index contributed by atoms with van der Waals surface area (Å²) in [4.78, 5) is 0.225. The summed E-state index contributed by atoms with van der Waals surface area (Å²) in [5.41, 5.74) is 1.01. The number of nitrogens with one attached hydrogen (secondary N) is 1. The average molecular weight is 349 g/mol. The van der Waals surface area contributed by atoms with Gasteiger partial charge in [0.25, 0.3) is 0 Å². The Morgan fingerprint density at radius 2 is 1.79 bits per heavy atom. The number of sulfonamides is 1. The largest absolute Gasteiger partial charge is 0.497 e. The van der Waals surface area contributed by atoms with Crippen LogP contribution < -0.4 is 14.2 Å². The molecule has 6 heteroatoms. The molecule has 1 N–H and O–H groups in total. The van der Waals surface area contributed by atoms with Crippen LogP contribution in [0, 0.1) is 0 Å². The molecule has 0 aliphatic heterocycles. The standard InChI is InChI=1S/C18H23NO4S/c1-4-23-16-8-10-18(11-9-16)24(20,21)19-14(2)12-15-6-5-7-17(13-15)22-3/h5-11,13-14,19H,4,12H2,1-3H3. The predicted molar refractivity (Wildman–Crippen MR) is 94.1 cm³/mol. The Hall–Kier alpha value is -2.05. The maximum atomic E-state index is 12.4. The molecule has 0 bridgehead atoms. The van der Waals surface area contributed by atoms with Gasteiger partial charge in [-0.15, -0.1) is 0 Å². The highest BCUT2D eigenvalue weighted by atomic mass is 32.2. The first-order valence-corrected chi connectivity index (χ1v) is 9.31. The number of methoxy groups -OCH3 is 1. The Morgan fingerprint density at radius 1 is 1.08 bits per heavy atom. The van der Waals surface area contributed by atoms with Crippen molar-refractivity contribution in [2.24, 2.45) is 0 Å². The molecule has 2 aromatic rings. The van der Waals surface area contributed by atoms with Crippen LogP contribution in [0.15, 0.2) is 53.4 Å². The van der Waals surface area contributed by atoms with E-state index in [-0.39, 0.29) is 10.9 Å². The number of benzene rings is 2. The van der Waals surface area contributed by atoms with Crippen molar-refractivity contribution < 1.29 is 17.9 Å². The van der Waals surface area contributed by atoms with Gasteiger partial charge < -0.3 is 9.47 Å². The topological polar surface area (TPSA) is 64.6 Å². The Balaban J connectivity index is 2.04. The van der Waals surface area contributed by atoms with Crippen LogP contribution in [-0.2, 0) is 16.4 Å². The van der Waals surface area contributed by atoms with Crippen LogP contribution in [0.25, 0.3) is 0 Å². The second-order valence-electron chi connectivity index (χ2n) is 5.48. The fourth-order valence-electron chi connectivity index (χ4n) is 2.41. The molecule has 0 aliphatic carbocycles. The molecule has 0 spiro atoms. The van der Waals surface area contributed by atoms with E-state index in [2.05, 4.69) is 4.72 Å². The van der Waals surface area contributed by atoms with Gasteiger partial charge in [0.1, 0.15) is 11.5 Å². The summed E-state index contributed by atoms with van der Waals surface area (Å²) in [6.07, 6.45) is 0.577. The molecular formula is C18H23NO4S. The molecule has 0 saturated heterocycles. The molecule has 0 saturated carbocycles. The van der Waals surface area contributed by atoms with Gasteiger partial charge in [-0.3, -0.25) is 0 Å². The van der Waals surface area contributed by atoms with Crippen LogP contribution in [0.5, 0.6) is 11.5 Å². The highest BCUT2D eigenvalue weighted by Gasteiger charge is 2.17. The third-order valence-electron chi connectivity index (χ3n) is 3.48. The second kappa shape index (κ2) is 8.17. The quantitative estimate of drug-likeness (QED) is 0.796. The maximum absolute atomic E-state index is 12.4. The van der Waals surface area contributed by atoms with Crippen molar-refractivity contribution in [1.82, 2.24) is 4.72 Å². The fraction of sp³-hybridized carbons (Fsp3) is 0.333. The van der Waals surface area contributed by atoms with Crippen LogP contribution in [-0.4, -0.2) is 28.2 Å². The Kier molecular flexibility index (Phi) is 6.23. The van der Waals surface area contributed by atoms with Gasteiger partial charge in [-0.2, -0.15) is 0 Å². The van der Waals surface area contributed by atoms with Crippen LogP contribution in [0.1, 0.15) is 19.4 Å². The number of rotatable bonds is 8. The summed E-state index contributed by atoms with van der Waals surface area (Å²) in [5, 5.41) is 0. The lowest BCUT2D eigenvalue weighted by molar-refractivity contribution is 0.340. The molecular weight excluding hydrogens is 326 g/mol. The van der Waals surface area contributed by atoms with Crippen molar-refractivity contribution in [3.8, 4) is 11.5 Å². The molecule has 2 rings (SSSR count). The van der Waals surface area contributed by atoms with Crippen molar-refractivity contribution in [2.75, 3.05) is 13.7 Å². The lowest BCUT2D eigenvalue weighted by Gasteiger charge is -2.15. The van der Waals surface area contributed by atoms with Crippen LogP contribution >= 0.6 is 0 Å². The van der Waals surface area contributed by atoms with Crippen molar-refractivity contribution in [2.45, 2.75) is 31.2 Å².